The lowest BCUT2D eigenvalue weighted by Gasteiger charge is -2.51. The molecule has 0 saturated heterocycles. The summed E-state index contributed by atoms with van der Waals surface area (Å²) in [7, 11) is 0. The van der Waals surface area contributed by atoms with Crippen LogP contribution in [0.15, 0.2) is 103 Å². The predicted octanol–water partition coefficient (Wildman–Crippen LogP) is 19.1. The van der Waals surface area contributed by atoms with Gasteiger partial charge in [0.2, 0.25) is 0 Å². The van der Waals surface area contributed by atoms with Gasteiger partial charge < -0.3 is 14.7 Å². The van der Waals surface area contributed by atoms with Gasteiger partial charge in [-0.05, 0) is 212 Å². The lowest BCUT2D eigenvalue weighted by Crippen LogP contribution is -2.61. The summed E-state index contributed by atoms with van der Waals surface area (Å²) in [6.07, 6.45) is 11.2. The van der Waals surface area contributed by atoms with Crippen LogP contribution < -0.4 is 30.4 Å². The Morgan fingerprint density at radius 2 is 1.19 bits per heavy atom. The molecule has 5 atom stereocenters. The summed E-state index contributed by atoms with van der Waals surface area (Å²) < 4.78 is 2.94. The van der Waals surface area contributed by atoms with Crippen LogP contribution in [0.2, 0.25) is 0 Å². The summed E-state index contributed by atoms with van der Waals surface area (Å²) >= 11 is 2.11. The maximum Gasteiger partial charge on any atom is 0.264 e. The maximum absolute atomic E-state index is 2.86. The monoisotopic (exact) mass is 1060 g/mol. The SMILES string of the molecule is CC1c2cc3sc4c(c3cc2C2(C)CCC1C2)N(c1ccc2c(c1)C(C)(C)CCC2(C)C)c1cc(N2c3ccccc3C3(C)CCCCC23C)cc2c1B4c1cc(C(C)(C)C)ccc1N2c1cc(C(C)(C)C)cc(C(C)(C)C)c1. The standard InChI is InChI=1S/C74H88BN3S/c1-44-45-28-31-72(15,43-45)56-41-53-63(42-52(44)56)79-66-65(53)77(49-25-26-54-57(38-49)71(13,14)33-32-70(54,11)12)62-40-51(78-59-23-19-18-22-55(59)73(16)29-20-21-30-74(73,78)17)39-61-64(62)75(66)58-37-46(67(2,3)4)24-27-60(58)76(61)50-35-47(68(5,6)7)34-48(36-50)69(8,9)10/h18-19,22-27,34-42,44-45H,20-21,28-33,43H2,1-17H3. The van der Waals surface area contributed by atoms with E-state index in [1.807, 2.05) is 0 Å². The van der Waals surface area contributed by atoms with E-state index in [0.29, 0.717) is 5.92 Å². The molecular weight excluding hydrogens is 974 g/mol. The molecule has 1 aromatic heterocycles. The molecule has 0 N–H and O–H groups in total. The smallest absolute Gasteiger partial charge is 0.264 e. The quantitative estimate of drug-likeness (QED) is 0.163. The highest BCUT2D eigenvalue weighted by atomic mass is 32.1. The second-order valence-electron chi connectivity index (χ2n) is 31.6. The fraction of sp³-hybridized carbons (Fsp3) is 0.486. The highest BCUT2D eigenvalue weighted by Crippen LogP contribution is 2.63. The molecule has 0 amide bonds. The number of hydrogen-bond acceptors (Lipinski definition) is 4. The van der Waals surface area contributed by atoms with Gasteiger partial charge in [0, 0.05) is 60.1 Å². The van der Waals surface area contributed by atoms with Crippen molar-refractivity contribution in [3.05, 3.63) is 148 Å². The molecular formula is C74H88BN3S. The van der Waals surface area contributed by atoms with E-state index in [0.717, 1.165) is 12.3 Å². The second kappa shape index (κ2) is 16.5. The number of rotatable bonds is 3. The maximum atomic E-state index is 2.86. The van der Waals surface area contributed by atoms with Gasteiger partial charge in [-0.2, -0.15) is 0 Å². The van der Waals surface area contributed by atoms with E-state index >= 15 is 0 Å². The summed E-state index contributed by atoms with van der Waals surface area (Å²) in [5, 5.41) is 1.44. The fourth-order valence-electron chi connectivity index (χ4n) is 17.2. The molecule has 14 rings (SSSR count). The summed E-state index contributed by atoms with van der Waals surface area (Å²) in [6, 6.07) is 43.4. The molecule has 408 valence electrons. The molecule has 7 aliphatic rings. The molecule has 3 aliphatic heterocycles. The van der Waals surface area contributed by atoms with E-state index in [1.165, 1.54) is 156 Å². The third-order valence-corrected chi connectivity index (χ3v) is 23.8. The van der Waals surface area contributed by atoms with Crippen molar-refractivity contribution >= 4 is 89.3 Å². The second-order valence-corrected chi connectivity index (χ2v) is 32.6. The minimum absolute atomic E-state index is 0.00862. The Kier molecular flexibility index (Phi) is 10.8. The molecule has 4 aliphatic carbocycles. The van der Waals surface area contributed by atoms with Crippen molar-refractivity contribution in [2.24, 2.45) is 5.92 Å². The van der Waals surface area contributed by atoms with Crippen molar-refractivity contribution in [3.63, 3.8) is 0 Å². The average molecular weight is 1060 g/mol. The van der Waals surface area contributed by atoms with Crippen LogP contribution in [-0.2, 0) is 37.9 Å². The number of nitrogens with zero attached hydrogens (tertiary/aromatic N) is 3. The van der Waals surface area contributed by atoms with Crippen LogP contribution in [0.25, 0.3) is 10.1 Å². The largest absolute Gasteiger partial charge is 0.334 e. The summed E-state index contributed by atoms with van der Waals surface area (Å²) in [4.78, 5) is 8.46. The third kappa shape index (κ3) is 7.27. The number of fused-ring (bicyclic) bond motifs is 14. The van der Waals surface area contributed by atoms with Crippen LogP contribution in [0.5, 0.6) is 0 Å². The molecule has 2 bridgehead atoms. The first-order chi connectivity index (χ1) is 37.0. The zero-order chi connectivity index (χ0) is 55.7. The summed E-state index contributed by atoms with van der Waals surface area (Å²) in [5.74, 6) is 1.33. The zero-order valence-corrected chi connectivity index (χ0v) is 52.0. The van der Waals surface area contributed by atoms with Crippen LogP contribution in [0.1, 0.15) is 226 Å². The molecule has 79 heavy (non-hydrogen) atoms. The Bertz CT molecular complexity index is 3710. The van der Waals surface area contributed by atoms with Crippen molar-refractivity contribution in [3.8, 4) is 0 Å². The van der Waals surface area contributed by atoms with Crippen LogP contribution >= 0.6 is 11.3 Å². The molecule has 3 nitrogen and oxygen atoms in total. The lowest BCUT2D eigenvalue weighted by atomic mass is 9.36. The van der Waals surface area contributed by atoms with Crippen molar-refractivity contribution < 1.29 is 0 Å². The molecule has 2 saturated carbocycles. The van der Waals surface area contributed by atoms with E-state index < -0.39 is 0 Å². The van der Waals surface area contributed by atoms with Gasteiger partial charge in [0.1, 0.15) is 0 Å². The van der Waals surface area contributed by atoms with Gasteiger partial charge in [0.15, 0.2) is 0 Å². The molecule has 5 heteroatoms. The minimum atomic E-state index is -0.120. The van der Waals surface area contributed by atoms with Crippen molar-refractivity contribution in [1.82, 2.24) is 0 Å². The number of thiophene rings is 1. The van der Waals surface area contributed by atoms with Crippen molar-refractivity contribution in [2.75, 3.05) is 14.7 Å². The summed E-state index contributed by atoms with van der Waals surface area (Å²) in [5.41, 5.74) is 25.5. The molecule has 0 radical (unpaired) electrons. The van der Waals surface area contributed by atoms with Gasteiger partial charge in [0.25, 0.3) is 6.71 Å². The molecule has 7 aromatic rings. The Morgan fingerprint density at radius 3 is 1.89 bits per heavy atom. The van der Waals surface area contributed by atoms with Crippen LogP contribution in [-0.4, -0.2) is 12.3 Å². The van der Waals surface area contributed by atoms with Gasteiger partial charge in [-0.25, -0.2) is 0 Å². The Balaban J connectivity index is 1.15. The first-order valence-electron chi connectivity index (χ1n) is 30.8. The highest BCUT2D eigenvalue weighted by Gasteiger charge is 2.58. The van der Waals surface area contributed by atoms with Crippen molar-refractivity contribution in [1.29, 1.82) is 0 Å². The third-order valence-electron chi connectivity index (χ3n) is 22.6. The van der Waals surface area contributed by atoms with E-state index in [4.69, 9.17) is 0 Å². The average Bonchev–Trinajstić information content (AvgIpc) is 3.36. The van der Waals surface area contributed by atoms with E-state index in [9.17, 15) is 0 Å². The molecule has 4 heterocycles. The van der Waals surface area contributed by atoms with Gasteiger partial charge >= 0.3 is 0 Å². The van der Waals surface area contributed by atoms with E-state index in [-0.39, 0.29) is 50.2 Å². The fourth-order valence-corrected chi connectivity index (χ4v) is 18.6. The Hall–Kier alpha value is -5.26. The van der Waals surface area contributed by atoms with Crippen LogP contribution in [0.3, 0.4) is 0 Å². The van der Waals surface area contributed by atoms with Gasteiger partial charge in [0.05, 0.1) is 11.2 Å². The van der Waals surface area contributed by atoms with Gasteiger partial charge in [-0.1, -0.05) is 166 Å². The summed E-state index contributed by atoms with van der Waals surface area (Å²) in [6.45, 7) is 42.0. The van der Waals surface area contributed by atoms with Gasteiger partial charge in [-0.3, -0.25) is 0 Å². The topological polar surface area (TPSA) is 9.72 Å². The minimum Gasteiger partial charge on any atom is -0.334 e. The first kappa shape index (κ1) is 51.9. The lowest BCUT2D eigenvalue weighted by molar-refractivity contribution is 0.195. The number of para-hydroxylation sites is 1. The van der Waals surface area contributed by atoms with Crippen LogP contribution in [0.4, 0.5) is 45.5 Å². The molecule has 5 unspecified atom stereocenters. The van der Waals surface area contributed by atoms with Gasteiger partial charge in [-0.15, -0.1) is 11.3 Å². The van der Waals surface area contributed by atoms with E-state index in [1.54, 1.807) is 11.1 Å². The van der Waals surface area contributed by atoms with Crippen LogP contribution in [0, 0.1) is 5.92 Å². The van der Waals surface area contributed by atoms with E-state index in [2.05, 4.69) is 247 Å². The number of anilines is 8. The highest BCUT2D eigenvalue weighted by molar-refractivity contribution is 7.33. The molecule has 2 fully saturated rings. The first-order valence-corrected chi connectivity index (χ1v) is 31.6. The molecule has 6 aromatic carbocycles. The zero-order valence-electron chi connectivity index (χ0n) is 51.2. The number of hydrogen-bond donors (Lipinski definition) is 0. The molecule has 0 spiro atoms. The Morgan fingerprint density at radius 1 is 0.532 bits per heavy atom. The number of benzene rings is 6. The normalized spacial score (nSPS) is 26.1. The predicted molar refractivity (Wildman–Crippen MR) is 343 cm³/mol. The Labute approximate surface area is 479 Å². The van der Waals surface area contributed by atoms with Crippen molar-refractivity contribution in [2.45, 2.75) is 225 Å².